The minimum atomic E-state index is -5.06. The summed E-state index contributed by atoms with van der Waals surface area (Å²) in [6.07, 6.45) is 43.6. The van der Waals surface area contributed by atoms with Gasteiger partial charge in [0.25, 0.3) is 0 Å². The first-order chi connectivity index (χ1) is 32.1. The number of unbranched alkanes of at least 4 members (excludes halogenated alkanes) is 31. The Balaban J connectivity index is 2.31. The molecule has 0 aromatic carbocycles. The van der Waals surface area contributed by atoms with Gasteiger partial charge in [-0.2, -0.15) is 8.42 Å². The highest BCUT2D eigenvalue weighted by atomic mass is 32.3. The summed E-state index contributed by atoms with van der Waals surface area (Å²) < 4.78 is 59.3. The molecule has 390 valence electrons. The first-order valence-corrected chi connectivity index (χ1v) is 28.5. The molecule has 1 heterocycles. The van der Waals surface area contributed by atoms with Crippen molar-refractivity contribution in [3.05, 3.63) is 24.3 Å². The summed E-state index contributed by atoms with van der Waals surface area (Å²) in [5, 5.41) is 30.8. The van der Waals surface area contributed by atoms with Crippen molar-refractivity contribution in [2.45, 2.75) is 282 Å². The number of aliphatic hydroxyl groups is 3. The highest BCUT2D eigenvalue weighted by molar-refractivity contribution is 7.80. The van der Waals surface area contributed by atoms with E-state index in [1.165, 1.54) is 161 Å². The maximum atomic E-state index is 12.9. The van der Waals surface area contributed by atoms with Gasteiger partial charge in [-0.3, -0.25) is 9.35 Å². The number of esters is 1. The molecule has 66 heavy (non-hydrogen) atoms. The maximum absolute atomic E-state index is 12.9. The molecule has 0 radical (unpaired) electrons. The van der Waals surface area contributed by atoms with Gasteiger partial charge in [-0.25, -0.2) is 4.18 Å². The summed E-state index contributed by atoms with van der Waals surface area (Å²) in [4.78, 5) is 12.9. The molecule has 0 amide bonds. The molecule has 1 fully saturated rings. The number of ether oxygens (including phenoxy) is 4. The second-order valence-electron chi connectivity index (χ2n) is 18.8. The van der Waals surface area contributed by atoms with Gasteiger partial charge in [-0.1, -0.05) is 218 Å². The number of allylic oxidation sites excluding steroid dienone is 4. The predicted octanol–water partition coefficient (Wildman–Crippen LogP) is 12.8. The van der Waals surface area contributed by atoms with E-state index in [4.69, 9.17) is 18.9 Å². The molecule has 6 atom stereocenters. The van der Waals surface area contributed by atoms with Crippen LogP contribution in [0.25, 0.3) is 0 Å². The summed E-state index contributed by atoms with van der Waals surface area (Å²) >= 11 is 0. The lowest BCUT2D eigenvalue weighted by Crippen LogP contribution is -2.60. The lowest BCUT2D eigenvalue weighted by Gasteiger charge is -2.41. The van der Waals surface area contributed by atoms with Crippen LogP contribution in [0.3, 0.4) is 0 Å². The first-order valence-electron chi connectivity index (χ1n) is 27.1. The summed E-state index contributed by atoms with van der Waals surface area (Å²) in [6.45, 7) is 3.99. The summed E-state index contributed by atoms with van der Waals surface area (Å²) in [5.74, 6) is -0.397. The van der Waals surface area contributed by atoms with Crippen molar-refractivity contribution in [2.24, 2.45) is 0 Å². The Morgan fingerprint density at radius 3 is 1.47 bits per heavy atom. The standard InChI is InChI=1S/C53H100O12S/c1-3-5-7-9-11-13-15-17-19-21-22-23-24-25-26-27-28-30-32-34-36-38-40-42-49(55)63-47(46-62-53-51(57)52(65-66(58,59)60)50(56)48(44-54)64-53)45-61-43-41-39-37-35-33-31-29-20-18-16-14-12-10-8-6-4-2/h12,14,18,20,47-48,50-54,56-57H,3-11,13,15-17,19,21-46H2,1-2H3,(H,58,59,60)/b14-12-,20-18-. The van der Waals surface area contributed by atoms with E-state index in [1.54, 1.807) is 0 Å². The Morgan fingerprint density at radius 2 is 1.00 bits per heavy atom. The van der Waals surface area contributed by atoms with E-state index >= 15 is 0 Å². The van der Waals surface area contributed by atoms with Gasteiger partial charge in [0, 0.05) is 13.0 Å². The number of hydrogen-bond donors (Lipinski definition) is 4. The number of hydrogen-bond acceptors (Lipinski definition) is 11. The highest BCUT2D eigenvalue weighted by Crippen LogP contribution is 2.26. The van der Waals surface area contributed by atoms with Crippen molar-refractivity contribution in [2.75, 3.05) is 26.4 Å². The van der Waals surface area contributed by atoms with Gasteiger partial charge in [0.05, 0.1) is 19.8 Å². The van der Waals surface area contributed by atoms with Gasteiger partial charge in [0.2, 0.25) is 0 Å². The fraction of sp³-hybridized carbons (Fsp3) is 0.906. The maximum Gasteiger partial charge on any atom is 0.397 e. The number of carbonyl (C=O) groups is 1. The summed E-state index contributed by atoms with van der Waals surface area (Å²) in [6, 6.07) is 0. The van der Waals surface area contributed by atoms with Crippen LogP contribution in [0.1, 0.15) is 245 Å². The van der Waals surface area contributed by atoms with Gasteiger partial charge in [-0.05, 0) is 44.9 Å². The molecule has 1 saturated heterocycles. The van der Waals surface area contributed by atoms with E-state index in [2.05, 4.69) is 42.3 Å². The van der Waals surface area contributed by atoms with Crippen LogP contribution in [0.4, 0.5) is 0 Å². The third-order valence-electron chi connectivity index (χ3n) is 12.6. The van der Waals surface area contributed by atoms with Crippen LogP contribution in [0.2, 0.25) is 0 Å². The smallest absolute Gasteiger partial charge is 0.397 e. The van der Waals surface area contributed by atoms with E-state index in [-0.39, 0.29) is 19.6 Å². The molecular weight excluding hydrogens is 861 g/mol. The number of rotatable bonds is 48. The Morgan fingerprint density at radius 1 is 0.576 bits per heavy atom. The van der Waals surface area contributed by atoms with Crippen LogP contribution in [0.15, 0.2) is 24.3 Å². The Hall–Kier alpha value is -1.42. The SMILES string of the molecule is CCCCC/C=C\C/C=C\CCCCCCCCOCC(COC1OC(CO)C(O)C(OS(=O)(=O)O)C1O)OC(=O)CCCCCCCCCCCCCCCCCCCCCCCCC. The third kappa shape index (κ3) is 37.5. The lowest BCUT2D eigenvalue weighted by atomic mass is 9.99. The Kier molecular flexibility index (Phi) is 42.5. The second-order valence-corrected chi connectivity index (χ2v) is 19.9. The van der Waals surface area contributed by atoms with Gasteiger partial charge in [0.15, 0.2) is 6.29 Å². The zero-order valence-electron chi connectivity index (χ0n) is 42.0. The molecule has 0 aromatic heterocycles. The molecule has 12 nitrogen and oxygen atoms in total. The molecular formula is C53H100O12S. The molecule has 13 heteroatoms. The fourth-order valence-corrected chi connectivity index (χ4v) is 8.98. The van der Waals surface area contributed by atoms with Crippen molar-refractivity contribution in [1.29, 1.82) is 0 Å². The van der Waals surface area contributed by atoms with Gasteiger partial charge >= 0.3 is 16.4 Å². The highest BCUT2D eigenvalue weighted by Gasteiger charge is 2.48. The molecule has 0 spiro atoms. The van der Waals surface area contributed by atoms with Crippen molar-refractivity contribution in [3.8, 4) is 0 Å². The normalized spacial score (nSPS) is 19.6. The largest absolute Gasteiger partial charge is 0.457 e. The van der Waals surface area contributed by atoms with E-state index in [9.17, 15) is 33.1 Å². The van der Waals surface area contributed by atoms with Gasteiger partial charge in [-0.15, -0.1) is 0 Å². The molecule has 0 aliphatic carbocycles. The van der Waals surface area contributed by atoms with E-state index in [0.29, 0.717) is 13.0 Å². The zero-order valence-corrected chi connectivity index (χ0v) is 42.8. The predicted molar refractivity (Wildman–Crippen MR) is 267 cm³/mol. The van der Waals surface area contributed by atoms with Crippen LogP contribution < -0.4 is 0 Å². The lowest BCUT2D eigenvalue weighted by molar-refractivity contribution is -0.301. The van der Waals surface area contributed by atoms with Crippen molar-refractivity contribution in [3.63, 3.8) is 0 Å². The van der Waals surface area contributed by atoms with Crippen molar-refractivity contribution in [1.82, 2.24) is 0 Å². The van der Waals surface area contributed by atoms with Gasteiger partial charge in [0.1, 0.15) is 30.5 Å². The molecule has 1 aliphatic heterocycles. The van der Waals surface area contributed by atoms with E-state index in [1.807, 2.05) is 0 Å². The fourth-order valence-electron chi connectivity index (χ4n) is 8.47. The minimum Gasteiger partial charge on any atom is -0.457 e. The van der Waals surface area contributed by atoms with E-state index < -0.39 is 59.8 Å². The molecule has 0 aromatic rings. The topological polar surface area (TPSA) is 178 Å². The molecule has 0 saturated carbocycles. The average molecular weight is 961 g/mol. The molecule has 0 bridgehead atoms. The number of aliphatic hydroxyl groups excluding tert-OH is 3. The quantitative estimate of drug-likeness (QED) is 0.0197. The number of carbonyl (C=O) groups excluding carboxylic acids is 1. The zero-order chi connectivity index (χ0) is 48.2. The summed E-state index contributed by atoms with van der Waals surface area (Å²) in [5.41, 5.74) is 0. The van der Waals surface area contributed by atoms with Crippen LogP contribution in [0, 0.1) is 0 Å². The average Bonchev–Trinajstić information content (AvgIpc) is 3.29. The van der Waals surface area contributed by atoms with Crippen molar-refractivity contribution >= 4 is 16.4 Å². The Labute approximate surface area is 403 Å². The van der Waals surface area contributed by atoms with Crippen LogP contribution >= 0.6 is 0 Å². The Bertz CT molecular complexity index is 1250. The van der Waals surface area contributed by atoms with Crippen LogP contribution in [0.5, 0.6) is 0 Å². The molecule has 4 N–H and O–H groups in total. The molecule has 1 aliphatic rings. The van der Waals surface area contributed by atoms with Crippen LogP contribution in [-0.2, 0) is 38.3 Å². The van der Waals surface area contributed by atoms with E-state index in [0.717, 1.165) is 57.8 Å². The monoisotopic (exact) mass is 961 g/mol. The second kappa shape index (κ2) is 44.8. The van der Waals surface area contributed by atoms with Crippen molar-refractivity contribution < 1.29 is 56.2 Å². The van der Waals surface area contributed by atoms with Gasteiger partial charge < -0.3 is 34.3 Å². The third-order valence-corrected chi connectivity index (χ3v) is 13.0. The molecule has 6 unspecified atom stereocenters. The minimum absolute atomic E-state index is 0.0330. The first kappa shape index (κ1) is 62.6. The molecule has 1 rings (SSSR count). The summed E-state index contributed by atoms with van der Waals surface area (Å²) in [7, 11) is -5.06. The van der Waals surface area contributed by atoms with Crippen LogP contribution in [-0.4, -0.2) is 97.5 Å².